The van der Waals surface area contributed by atoms with E-state index < -0.39 is 0 Å². The number of aromatic nitrogens is 2. The number of hydrogen-bond donors (Lipinski definition) is 2. The molecule has 3 aromatic rings. The van der Waals surface area contributed by atoms with E-state index in [1.807, 2.05) is 32.9 Å². The van der Waals surface area contributed by atoms with Crippen LogP contribution in [0.5, 0.6) is 0 Å². The van der Waals surface area contributed by atoms with Gasteiger partial charge in [-0.2, -0.15) is 5.10 Å². The summed E-state index contributed by atoms with van der Waals surface area (Å²) in [7, 11) is 0. The van der Waals surface area contributed by atoms with E-state index in [-0.39, 0.29) is 12.5 Å². The van der Waals surface area contributed by atoms with Gasteiger partial charge in [0.2, 0.25) is 0 Å². The van der Waals surface area contributed by atoms with Crippen molar-refractivity contribution in [3.05, 3.63) is 76.6 Å². The Hall–Kier alpha value is -2.92. The average molecular weight is 335 g/mol. The van der Waals surface area contributed by atoms with Crippen molar-refractivity contribution < 1.29 is 9.90 Å². The second-order valence-electron chi connectivity index (χ2n) is 6.24. The van der Waals surface area contributed by atoms with Crippen LogP contribution in [-0.4, -0.2) is 20.8 Å². The second-order valence-corrected chi connectivity index (χ2v) is 6.24. The molecule has 0 saturated carbocycles. The molecular formula is C20H21N3O2. The second kappa shape index (κ2) is 6.91. The van der Waals surface area contributed by atoms with Gasteiger partial charge in [0, 0.05) is 11.4 Å². The van der Waals surface area contributed by atoms with Gasteiger partial charge in [-0.15, -0.1) is 0 Å². The predicted octanol–water partition coefficient (Wildman–Crippen LogP) is 3.54. The molecule has 2 N–H and O–H groups in total. The summed E-state index contributed by atoms with van der Waals surface area (Å²) in [6.45, 7) is 5.94. The number of carbonyl (C=O) groups excluding carboxylic acids is 1. The predicted molar refractivity (Wildman–Crippen MR) is 98.1 cm³/mol. The third-order valence-electron chi connectivity index (χ3n) is 3.94. The number of aryl methyl sites for hydroxylation is 3. The van der Waals surface area contributed by atoms with Gasteiger partial charge in [0.15, 0.2) is 5.69 Å². The first-order chi connectivity index (χ1) is 12.0. The fourth-order valence-corrected chi connectivity index (χ4v) is 2.86. The number of rotatable bonds is 4. The lowest BCUT2D eigenvalue weighted by molar-refractivity contribution is 0.102. The molecule has 25 heavy (non-hydrogen) atoms. The number of nitrogens with zero attached hydrogens (tertiary/aromatic N) is 2. The van der Waals surface area contributed by atoms with E-state index in [0.29, 0.717) is 11.4 Å². The molecule has 1 amide bonds. The van der Waals surface area contributed by atoms with Gasteiger partial charge in [0.25, 0.3) is 5.91 Å². The van der Waals surface area contributed by atoms with Gasteiger partial charge in [0.1, 0.15) is 0 Å². The molecule has 0 atom stereocenters. The third kappa shape index (κ3) is 3.78. The van der Waals surface area contributed by atoms with E-state index in [1.54, 1.807) is 35.0 Å². The van der Waals surface area contributed by atoms with Crippen molar-refractivity contribution in [3.63, 3.8) is 0 Å². The highest BCUT2D eigenvalue weighted by Gasteiger charge is 2.14. The summed E-state index contributed by atoms with van der Waals surface area (Å²) >= 11 is 0. The third-order valence-corrected chi connectivity index (χ3v) is 3.94. The van der Waals surface area contributed by atoms with Crippen LogP contribution < -0.4 is 5.32 Å². The summed E-state index contributed by atoms with van der Waals surface area (Å²) in [5.74, 6) is -0.277. The van der Waals surface area contributed by atoms with Crippen molar-refractivity contribution in [1.82, 2.24) is 9.78 Å². The van der Waals surface area contributed by atoms with Gasteiger partial charge in [-0.05, 0) is 67.8 Å². The molecular weight excluding hydrogens is 314 g/mol. The van der Waals surface area contributed by atoms with Crippen LogP contribution in [0, 0.1) is 20.8 Å². The van der Waals surface area contributed by atoms with E-state index in [2.05, 4.69) is 16.5 Å². The summed E-state index contributed by atoms with van der Waals surface area (Å²) in [5.41, 5.74) is 5.86. The molecule has 5 heteroatoms. The molecule has 0 aliphatic rings. The van der Waals surface area contributed by atoms with Gasteiger partial charge in [-0.3, -0.25) is 4.79 Å². The molecule has 0 bridgehead atoms. The molecule has 0 saturated heterocycles. The largest absolute Gasteiger partial charge is 0.392 e. The van der Waals surface area contributed by atoms with E-state index in [1.165, 1.54) is 0 Å². The maximum atomic E-state index is 12.5. The van der Waals surface area contributed by atoms with Crippen LogP contribution >= 0.6 is 0 Å². The molecule has 5 nitrogen and oxygen atoms in total. The van der Waals surface area contributed by atoms with Crippen LogP contribution in [0.3, 0.4) is 0 Å². The smallest absolute Gasteiger partial charge is 0.276 e. The number of hydrogen-bond acceptors (Lipinski definition) is 3. The Labute approximate surface area is 146 Å². The molecule has 128 valence electrons. The highest BCUT2D eigenvalue weighted by atomic mass is 16.3. The highest BCUT2D eigenvalue weighted by molar-refractivity contribution is 6.03. The zero-order valence-electron chi connectivity index (χ0n) is 14.6. The van der Waals surface area contributed by atoms with Crippen molar-refractivity contribution in [1.29, 1.82) is 0 Å². The van der Waals surface area contributed by atoms with E-state index in [4.69, 9.17) is 0 Å². The summed E-state index contributed by atoms with van der Waals surface area (Å²) in [4.78, 5) is 12.5. The monoisotopic (exact) mass is 335 g/mol. The van der Waals surface area contributed by atoms with Gasteiger partial charge in [-0.1, -0.05) is 18.2 Å². The topological polar surface area (TPSA) is 67.2 Å². The quantitative estimate of drug-likeness (QED) is 0.766. The normalized spacial score (nSPS) is 10.7. The maximum Gasteiger partial charge on any atom is 0.276 e. The Kier molecular flexibility index (Phi) is 4.67. The first kappa shape index (κ1) is 16.9. The number of nitrogens with one attached hydrogen (secondary N) is 1. The molecule has 0 spiro atoms. The molecule has 1 heterocycles. The van der Waals surface area contributed by atoms with Crippen molar-refractivity contribution in [3.8, 4) is 5.69 Å². The highest BCUT2D eigenvalue weighted by Crippen LogP contribution is 2.17. The minimum atomic E-state index is -0.277. The fourth-order valence-electron chi connectivity index (χ4n) is 2.86. The van der Waals surface area contributed by atoms with Crippen molar-refractivity contribution in [2.45, 2.75) is 27.4 Å². The van der Waals surface area contributed by atoms with Gasteiger partial charge >= 0.3 is 0 Å². The maximum absolute atomic E-state index is 12.5. The number of aliphatic hydroxyl groups excluding tert-OH is 1. The summed E-state index contributed by atoms with van der Waals surface area (Å²) in [6, 6.07) is 15.1. The Balaban J connectivity index is 1.87. The SMILES string of the molecule is Cc1cc(C)cc(-n2nc(C(=O)Nc3cccc(CO)c3)cc2C)c1. The molecule has 0 aliphatic heterocycles. The Morgan fingerprint density at radius 2 is 1.80 bits per heavy atom. The number of benzene rings is 2. The zero-order chi connectivity index (χ0) is 18.0. The van der Waals surface area contributed by atoms with Crippen LogP contribution in [0.1, 0.15) is 32.9 Å². The van der Waals surface area contributed by atoms with Gasteiger partial charge in [0.05, 0.1) is 12.3 Å². The first-order valence-electron chi connectivity index (χ1n) is 8.13. The Bertz CT molecular complexity index is 908. The molecule has 0 radical (unpaired) electrons. The molecule has 0 fully saturated rings. The van der Waals surface area contributed by atoms with Crippen LogP contribution in [0.4, 0.5) is 5.69 Å². The van der Waals surface area contributed by atoms with E-state index >= 15 is 0 Å². The average Bonchev–Trinajstić information content (AvgIpc) is 2.96. The molecule has 0 aliphatic carbocycles. The van der Waals surface area contributed by atoms with Crippen LogP contribution in [0.25, 0.3) is 5.69 Å². The van der Waals surface area contributed by atoms with Crippen LogP contribution in [0.2, 0.25) is 0 Å². The van der Waals surface area contributed by atoms with E-state index in [0.717, 1.165) is 28.1 Å². The van der Waals surface area contributed by atoms with Crippen LogP contribution in [0.15, 0.2) is 48.5 Å². The Morgan fingerprint density at radius 3 is 2.48 bits per heavy atom. The number of aliphatic hydroxyl groups is 1. The molecule has 3 rings (SSSR count). The fraction of sp³-hybridized carbons (Fsp3) is 0.200. The summed E-state index contributed by atoms with van der Waals surface area (Å²) in [6.07, 6.45) is 0. The lowest BCUT2D eigenvalue weighted by Gasteiger charge is -2.07. The molecule has 2 aromatic carbocycles. The van der Waals surface area contributed by atoms with Crippen molar-refractivity contribution in [2.24, 2.45) is 0 Å². The Morgan fingerprint density at radius 1 is 1.08 bits per heavy atom. The molecule has 0 unspecified atom stereocenters. The molecule has 1 aromatic heterocycles. The number of amides is 1. The van der Waals surface area contributed by atoms with Crippen molar-refractivity contribution in [2.75, 3.05) is 5.32 Å². The lowest BCUT2D eigenvalue weighted by Crippen LogP contribution is -2.13. The minimum absolute atomic E-state index is 0.0653. The summed E-state index contributed by atoms with van der Waals surface area (Å²) < 4.78 is 1.78. The van der Waals surface area contributed by atoms with Gasteiger partial charge in [-0.25, -0.2) is 4.68 Å². The van der Waals surface area contributed by atoms with E-state index in [9.17, 15) is 9.90 Å². The lowest BCUT2D eigenvalue weighted by atomic mass is 10.1. The first-order valence-corrected chi connectivity index (χ1v) is 8.13. The number of anilines is 1. The van der Waals surface area contributed by atoms with Crippen molar-refractivity contribution >= 4 is 11.6 Å². The van der Waals surface area contributed by atoms with Crippen LogP contribution in [-0.2, 0) is 6.61 Å². The van der Waals surface area contributed by atoms with Gasteiger partial charge < -0.3 is 10.4 Å². The standard InChI is InChI=1S/C20H21N3O2/c1-13-7-14(2)9-18(8-13)23-15(3)10-19(22-23)20(25)21-17-6-4-5-16(11-17)12-24/h4-11,24H,12H2,1-3H3,(H,21,25). The minimum Gasteiger partial charge on any atom is -0.392 e. The zero-order valence-corrected chi connectivity index (χ0v) is 14.6. The number of carbonyl (C=O) groups is 1. The summed E-state index contributed by atoms with van der Waals surface area (Å²) in [5, 5.41) is 16.5.